The molecule has 0 radical (unpaired) electrons. The van der Waals surface area contributed by atoms with Crippen molar-refractivity contribution in [3.63, 3.8) is 0 Å². The van der Waals surface area contributed by atoms with Crippen LogP contribution in [0.15, 0.2) is 11.2 Å². The molecule has 0 aromatic carbocycles. The zero-order valence-corrected chi connectivity index (χ0v) is 16.7. The first-order valence-electron chi connectivity index (χ1n) is 8.73. The van der Waals surface area contributed by atoms with Crippen molar-refractivity contribution < 1.29 is 9.53 Å². The monoisotopic (exact) mass is 369 g/mol. The molecule has 1 rings (SSSR count). The van der Waals surface area contributed by atoms with Crippen LogP contribution in [0.1, 0.15) is 37.1 Å². The van der Waals surface area contributed by atoms with Crippen LogP contribution in [0.4, 0.5) is 4.79 Å². The van der Waals surface area contributed by atoms with Gasteiger partial charge in [-0.05, 0) is 26.2 Å². The second-order valence-electron chi connectivity index (χ2n) is 6.19. The van der Waals surface area contributed by atoms with Crippen LogP contribution in [0.25, 0.3) is 0 Å². The van der Waals surface area contributed by atoms with Crippen molar-refractivity contribution in [3.05, 3.63) is 16.1 Å². The number of thiazole rings is 1. The first kappa shape index (κ1) is 21.2. The number of rotatable bonds is 9. The van der Waals surface area contributed by atoms with Gasteiger partial charge in [0.2, 0.25) is 0 Å². The number of ether oxygens (including phenoxy) is 1. The van der Waals surface area contributed by atoms with Crippen LogP contribution >= 0.6 is 11.3 Å². The average molecular weight is 370 g/mol. The molecule has 1 heterocycles. The summed E-state index contributed by atoms with van der Waals surface area (Å²) >= 11 is 1.71. The molecule has 7 nitrogen and oxygen atoms in total. The van der Waals surface area contributed by atoms with Gasteiger partial charge in [0.15, 0.2) is 5.96 Å². The van der Waals surface area contributed by atoms with E-state index in [2.05, 4.69) is 46.7 Å². The molecule has 0 bridgehead atoms. The highest BCUT2D eigenvalue weighted by atomic mass is 32.1. The quantitative estimate of drug-likeness (QED) is 0.459. The van der Waals surface area contributed by atoms with E-state index in [1.54, 1.807) is 25.3 Å². The molecule has 8 heteroatoms. The van der Waals surface area contributed by atoms with Gasteiger partial charge in [-0.3, -0.25) is 4.99 Å². The number of hydrogen-bond donors (Lipinski definition) is 3. The van der Waals surface area contributed by atoms with Crippen LogP contribution in [0.3, 0.4) is 0 Å². The van der Waals surface area contributed by atoms with E-state index in [-0.39, 0.29) is 12.1 Å². The summed E-state index contributed by atoms with van der Waals surface area (Å²) in [5.74, 6) is 1.18. The fraction of sp³-hybridized carbons (Fsp3) is 0.706. The normalized spacial score (nSPS) is 12.8. The van der Waals surface area contributed by atoms with E-state index >= 15 is 0 Å². The topological polar surface area (TPSA) is 87.6 Å². The second-order valence-corrected chi connectivity index (χ2v) is 7.51. The van der Waals surface area contributed by atoms with Gasteiger partial charge in [-0.2, -0.15) is 0 Å². The minimum absolute atomic E-state index is 0.0146. The Morgan fingerprint density at radius 1 is 1.40 bits per heavy atom. The smallest absolute Gasteiger partial charge is 0.407 e. The lowest BCUT2D eigenvalue weighted by molar-refractivity contribution is 0.146. The predicted octanol–water partition coefficient (Wildman–Crippen LogP) is 2.32. The molecule has 0 aliphatic rings. The molecule has 1 unspecified atom stereocenters. The first-order chi connectivity index (χ1) is 11.9. The number of hydrogen-bond acceptors (Lipinski definition) is 5. The van der Waals surface area contributed by atoms with Crippen molar-refractivity contribution in [1.82, 2.24) is 20.9 Å². The zero-order chi connectivity index (χ0) is 18.7. The van der Waals surface area contributed by atoms with Crippen LogP contribution in [0, 0.1) is 12.8 Å². The minimum atomic E-state index is -0.378. The Morgan fingerprint density at radius 2 is 2.16 bits per heavy atom. The lowest BCUT2D eigenvalue weighted by Gasteiger charge is -2.22. The number of nitrogens with zero attached hydrogens (tertiary/aromatic N) is 2. The minimum Gasteiger partial charge on any atom is -0.450 e. The van der Waals surface area contributed by atoms with Gasteiger partial charge in [-0.15, -0.1) is 11.3 Å². The summed E-state index contributed by atoms with van der Waals surface area (Å²) < 4.78 is 4.97. The molecule has 1 aromatic heterocycles. The molecule has 0 saturated heterocycles. The average Bonchev–Trinajstić information content (AvgIpc) is 2.95. The van der Waals surface area contributed by atoms with Crippen molar-refractivity contribution in [1.29, 1.82) is 0 Å². The van der Waals surface area contributed by atoms with Gasteiger partial charge >= 0.3 is 6.09 Å². The Labute approximate surface area is 154 Å². The Morgan fingerprint density at radius 3 is 2.72 bits per heavy atom. The third kappa shape index (κ3) is 9.28. The van der Waals surface area contributed by atoms with E-state index in [0.29, 0.717) is 25.0 Å². The van der Waals surface area contributed by atoms with Crippen LogP contribution in [-0.4, -0.2) is 49.8 Å². The van der Waals surface area contributed by atoms with Crippen LogP contribution in [0.5, 0.6) is 0 Å². The molecular formula is C17H31N5O2S. The van der Waals surface area contributed by atoms with E-state index in [9.17, 15) is 4.79 Å². The van der Waals surface area contributed by atoms with Gasteiger partial charge < -0.3 is 20.7 Å². The van der Waals surface area contributed by atoms with E-state index < -0.39 is 0 Å². The molecule has 0 saturated carbocycles. The van der Waals surface area contributed by atoms with Crippen molar-refractivity contribution in [2.45, 2.75) is 46.6 Å². The number of carbonyl (C=O) groups excluding carboxylic acids is 1. The van der Waals surface area contributed by atoms with Gasteiger partial charge in [0.1, 0.15) is 0 Å². The first-order valence-corrected chi connectivity index (χ1v) is 9.55. The predicted molar refractivity (Wildman–Crippen MR) is 103 cm³/mol. The summed E-state index contributed by atoms with van der Waals surface area (Å²) in [7, 11) is 1.74. The maximum atomic E-state index is 11.7. The molecule has 0 aliphatic carbocycles. The van der Waals surface area contributed by atoms with Gasteiger partial charge in [-0.25, -0.2) is 9.78 Å². The molecule has 142 valence electrons. The third-order valence-corrected chi connectivity index (χ3v) is 4.37. The fourth-order valence-electron chi connectivity index (χ4n) is 2.35. The molecule has 1 amide bonds. The highest BCUT2D eigenvalue weighted by molar-refractivity contribution is 7.11. The number of nitrogens with one attached hydrogen (secondary N) is 3. The number of carbonyl (C=O) groups is 1. The number of alkyl carbamates (subject to hydrolysis) is 1. The lowest BCUT2D eigenvalue weighted by atomic mass is 10.0. The molecule has 1 atom stereocenters. The highest BCUT2D eigenvalue weighted by Crippen LogP contribution is 2.10. The van der Waals surface area contributed by atoms with E-state index in [0.717, 1.165) is 24.4 Å². The van der Waals surface area contributed by atoms with E-state index in [1.165, 1.54) is 4.88 Å². The summed E-state index contributed by atoms with van der Waals surface area (Å²) in [6, 6.07) is -0.0146. The van der Waals surface area contributed by atoms with Crippen molar-refractivity contribution in [2.24, 2.45) is 10.9 Å². The standard InChI is InChI=1S/C17H31N5O2S/c1-6-24-17(23)22-14(9-12(2)3)11-21-16(18-5)19-8-7-15-20-10-13(4)25-15/h10,12,14H,6-9,11H2,1-5H3,(H,22,23)(H2,18,19,21). The maximum Gasteiger partial charge on any atom is 0.407 e. The number of aromatic nitrogens is 1. The molecule has 0 aliphatic heterocycles. The molecule has 1 aromatic rings. The molecule has 3 N–H and O–H groups in total. The van der Waals surface area contributed by atoms with Gasteiger partial charge in [0.25, 0.3) is 0 Å². The SMILES string of the molecule is CCOC(=O)NC(CNC(=NC)NCCc1ncc(C)s1)CC(C)C. The Balaban J connectivity index is 2.41. The summed E-state index contributed by atoms with van der Waals surface area (Å²) in [6.07, 6.45) is 3.23. The molecular weight excluding hydrogens is 338 g/mol. The fourth-order valence-corrected chi connectivity index (χ4v) is 3.13. The maximum absolute atomic E-state index is 11.7. The lowest BCUT2D eigenvalue weighted by Crippen LogP contribution is -2.48. The van der Waals surface area contributed by atoms with Crippen LogP contribution in [0.2, 0.25) is 0 Å². The van der Waals surface area contributed by atoms with Gasteiger partial charge in [0.05, 0.1) is 11.6 Å². The van der Waals surface area contributed by atoms with Crippen molar-refractivity contribution >= 4 is 23.4 Å². The Hall–Kier alpha value is -1.83. The number of guanidine groups is 1. The summed E-state index contributed by atoms with van der Waals surface area (Å²) in [6.45, 7) is 9.82. The van der Waals surface area contributed by atoms with E-state index in [1.807, 2.05) is 6.20 Å². The van der Waals surface area contributed by atoms with Crippen molar-refractivity contribution in [3.8, 4) is 0 Å². The van der Waals surface area contributed by atoms with Gasteiger partial charge in [-0.1, -0.05) is 13.8 Å². The third-order valence-electron chi connectivity index (χ3n) is 3.39. The zero-order valence-electron chi connectivity index (χ0n) is 15.9. The summed E-state index contributed by atoms with van der Waals surface area (Å²) in [5, 5.41) is 10.6. The molecule has 0 spiro atoms. The van der Waals surface area contributed by atoms with Crippen LogP contribution < -0.4 is 16.0 Å². The number of aryl methyl sites for hydroxylation is 1. The summed E-state index contributed by atoms with van der Waals surface area (Å²) in [4.78, 5) is 21.5. The number of aliphatic imine (C=N–C) groups is 1. The van der Waals surface area contributed by atoms with Gasteiger partial charge in [0, 0.05) is 43.7 Å². The Kier molecular flexibility index (Phi) is 9.91. The van der Waals surface area contributed by atoms with Crippen LogP contribution in [-0.2, 0) is 11.2 Å². The molecule has 0 fully saturated rings. The summed E-state index contributed by atoms with van der Waals surface area (Å²) in [5.41, 5.74) is 0. The highest BCUT2D eigenvalue weighted by Gasteiger charge is 2.15. The van der Waals surface area contributed by atoms with E-state index in [4.69, 9.17) is 4.74 Å². The second kappa shape index (κ2) is 11.7. The molecule has 25 heavy (non-hydrogen) atoms. The number of amides is 1. The largest absolute Gasteiger partial charge is 0.450 e. The Bertz CT molecular complexity index is 545. The van der Waals surface area contributed by atoms with Crippen molar-refractivity contribution in [2.75, 3.05) is 26.7 Å².